The van der Waals surface area contributed by atoms with E-state index in [1.807, 2.05) is 0 Å². The first-order valence-corrected chi connectivity index (χ1v) is 14.9. The van der Waals surface area contributed by atoms with Crippen LogP contribution in [0.3, 0.4) is 0 Å². The Morgan fingerprint density at radius 1 is 0.350 bits per heavy atom. The summed E-state index contributed by atoms with van der Waals surface area (Å²) in [5.41, 5.74) is 1.93. The fraction of sp³-hybridized carbons (Fsp3) is 0. The van der Waals surface area contributed by atoms with E-state index < -0.39 is 0 Å². The Labute approximate surface area is 237 Å². The molecule has 0 N–H and O–H groups in total. The largest absolute Gasteiger partial charge is 0.235 e. The van der Waals surface area contributed by atoms with Gasteiger partial charge in [-0.2, -0.15) is 0 Å². The number of rotatable bonds is 2. The molecule has 0 aliphatic rings. The van der Waals surface area contributed by atoms with Crippen LogP contribution in [0.1, 0.15) is 0 Å². The summed E-state index contributed by atoms with van der Waals surface area (Å²) in [6.45, 7) is 0. The first kappa shape index (κ1) is 22.2. The molecular formula is C36H20N2S2. The molecule has 0 saturated heterocycles. The highest BCUT2D eigenvalue weighted by atomic mass is 32.1. The van der Waals surface area contributed by atoms with Crippen molar-refractivity contribution >= 4 is 85.9 Å². The number of fused-ring (bicyclic) bond motifs is 6. The predicted molar refractivity (Wildman–Crippen MR) is 174 cm³/mol. The lowest BCUT2D eigenvalue weighted by molar-refractivity contribution is 1.19. The Balaban J connectivity index is 1.13. The number of benzene rings is 6. The second-order valence-corrected chi connectivity index (χ2v) is 12.6. The molecule has 4 heteroatoms. The lowest BCUT2D eigenvalue weighted by atomic mass is 10.0. The summed E-state index contributed by atoms with van der Waals surface area (Å²) in [5.74, 6) is 0. The predicted octanol–water partition coefficient (Wildman–Crippen LogP) is 10.9. The zero-order valence-corrected chi connectivity index (χ0v) is 22.9. The Bertz CT molecular complexity index is 2140. The molecule has 3 aromatic heterocycles. The van der Waals surface area contributed by atoms with Gasteiger partial charge in [0.1, 0.15) is 6.33 Å². The van der Waals surface area contributed by atoms with Crippen molar-refractivity contribution in [3.05, 3.63) is 122 Å². The van der Waals surface area contributed by atoms with Gasteiger partial charge < -0.3 is 0 Å². The van der Waals surface area contributed by atoms with Gasteiger partial charge in [0.2, 0.25) is 0 Å². The van der Waals surface area contributed by atoms with Crippen molar-refractivity contribution in [3.63, 3.8) is 0 Å². The highest BCUT2D eigenvalue weighted by molar-refractivity contribution is 7.22. The van der Waals surface area contributed by atoms with Gasteiger partial charge in [0.25, 0.3) is 0 Å². The van der Waals surface area contributed by atoms with Crippen molar-refractivity contribution in [1.29, 1.82) is 0 Å². The third-order valence-corrected chi connectivity index (χ3v) is 10.1. The summed E-state index contributed by atoms with van der Waals surface area (Å²) in [6, 6.07) is 42.2. The highest BCUT2D eigenvalue weighted by Gasteiger charge is 2.12. The molecule has 6 aromatic carbocycles. The van der Waals surface area contributed by atoms with Gasteiger partial charge in [-0.25, -0.2) is 9.97 Å². The van der Waals surface area contributed by atoms with Gasteiger partial charge in [-0.3, -0.25) is 0 Å². The van der Waals surface area contributed by atoms with Gasteiger partial charge in [-0.1, -0.05) is 48.5 Å². The summed E-state index contributed by atoms with van der Waals surface area (Å²) < 4.78 is 2.55. The molecule has 0 fully saturated rings. The van der Waals surface area contributed by atoms with Crippen molar-refractivity contribution in [2.75, 3.05) is 0 Å². The number of hydrogen-bond donors (Lipinski definition) is 0. The van der Waals surface area contributed by atoms with E-state index in [4.69, 9.17) is 0 Å². The second kappa shape index (κ2) is 8.43. The summed E-state index contributed by atoms with van der Waals surface area (Å²) in [6.07, 6.45) is 1.70. The topological polar surface area (TPSA) is 25.8 Å². The van der Waals surface area contributed by atoms with Crippen LogP contribution in [-0.2, 0) is 0 Å². The first-order chi connectivity index (χ1) is 19.7. The fourth-order valence-electron chi connectivity index (χ4n) is 5.84. The third kappa shape index (κ3) is 3.54. The van der Waals surface area contributed by atoms with E-state index >= 15 is 0 Å². The average Bonchev–Trinajstić information content (AvgIpc) is 3.60. The van der Waals surface area contributed by atoms with Crippen LogP contribution in [0.5, 0.6) is 0 Å². The van der Waals surface area contributed by atoms with Gasteiger partial charge in [0.15, 0.2) is 0 Å². The van der Waals surface area contributed by atoms with E-state index in [2.05, 4.69) is 125 Å². The molecule has 0 amide bonds. The van der Waals surface area contributed by atoms with Gasteiger partial charge in [0, 0.05) is 9.40 Å². The van der Waals surface area contributed by atoms with Crippen LogP contribution < -0.4 is 0 Å². The normalized spacial score (nSPS) is 12.0. The standard InChI is InChI=1S/C36H20N2S2/c1-3-7-23-11-27-15-33-29(13-25(27)9-21(23)5-1)17-35(39-33)31-19-32(38-20-37-31)36-18-30-14-26-10-22-6-2-4-8-24(22)12-28(26)16-34(30)40-36/h1-20H. The van der Waals surface area contributed by atoms with Crippen molar-refractivity contribution in [2.24, 2.45) is 0 Å². The van der Waals surface area contributed by atoms with Crippen LogP contribution in [-0.4, -0.2) is 9.97 Å². The fourth-order valence-corrected chi connectivity index (χ4v) is 7.96. The van der Waals surface area contributed by atoms with E-state index in [1.165, 1.54) is 63.3 Å². The zero-order chi connectivity index (χ0) is 26.2. The Morgan fingerprint density at radius 3 is 1.15 bits per heavy atom. The van der Waals surface area contributed by atoms with Crippen LogP contribution in [0, 0.1) is 0 Å². The maximum atomic E-state index is 4.68. The van der Waals surface area contributed by atoms with Crippen LogP contribution >= 0.6 is 22.7 Å². The van der Waals surface area contributed by atoms with Crippen molar-refractivity contribution in [3.8, 4) is 21.1 Å². The molecule has 0 aliphatic heterocycles. The molecule has 2 nitrogen and oxygen atoms in total. The van der Waals surface area contributed by atoms with Crippen molar-refractivity contribution in [2.45, 2.75) is 0 Å². The minimum atomic E-state index is 0.967. The van der Waals surface area contributed by atoms with Crippen LogP contribution in [0.2, 0.25) is 0 Å². The van der Waals surface area contributed by atoms with Crippen LogP contribution in [0.15, 0.2) is 122 Å². The summed E-state index contributed by atoms with van der Waals surface area (Å²) >= 11 is 3.59. The molecule has 9 rings (SSSR count). The lowest BCUT2D eigenvalue weighted by Crippen LogP contribution is -1.85. The molecular weight excluding hydrogens is 525 g/mol. The molecule has 0 bridgehead atoms. The van der Waals surface area contributed by atoms with E-state index in [1.54, 1.807) is 29.0 Å². The first-order valence-electron chi connectivity index (χ1n) is 13.3. The monoisotopic (exact) mass is 544 g/mol. The maximum Gasteiger partial charge on any atom is 0.116 e. The van der Waals surface area contributed by atoms with Crippen LogP contribution in [0.25, 0.3) is 84.4 Å². The Kier molecular flexibility index (Phi) is 4.68. The number of hydrogen-bond acceptors (Lipinski definition) is 4. The Morgan fingerprint density at radius 2 is 0.725 bits per heavy atom. The van der Waals surface area contributed by atoms with Gasteiger partial charge >= 0.3 is 0 Å². The van der Waals surface area contributed by atoms with E-state index in [-0.39, 0.29) is 0 Å². The van der Waals surface area contributed by atoms with E-state index in [0.29, 0.717) is 0 Å². The molecule has 0 spiro atoms. The van der Waals surface area contributed by atoms with Gasteiger partial charge in [0.05, 0.1) is 21.1 Å². The smallest absolute Gasteiger partial charge is 0.116 e. The van der Waals surface area contributed by atoms with Gasteiger partial charge in [-0.05, 0) is 121 Å². The van der Waals surface area contributed by atoms with E-state index in [9.17, 15) is 0 Å². The summed E-state index contributed by atoms with van der Waals surface area (Å²) in [5, 5.41) is 12.7. The lowest BCUT2D eigenvalue weighted by Gasteiger charge is -2.02. The highest BCUT2D eigenvalue weighted by Crippen LogP contribution is 2.39. The summed E-state index contributed by atoms with van der Waals surface area (Å²) in [4.78, 5) is 11.7. The quantitative estimate of drug-likeness (QED) is 0.202. The molecule has 40 heavy (non-hydrogen) atoms. The molecule has 0 atom stereocenters. The van der Waals surface area contributed by atoms with E-state index in [0.717, 1.165) is 21.1 Å². The van der Waals surface area contributed by atoms with Gasteiger partial charge in [-0.15, -0.1) is 22.7 Å². The molecule has 0 saturated carbocycles. The third-order valence-electron chi connectivity index (χ3n) is 7.85. The van der Waals surface area contributed by atoms with Crippen molar-refractivity contribution in [1.82, 2.24) is 9.97 Å². The number of aromatic nitrogens is 2. The number of nitrogens with zero attached hydrogens (tertiary/aromatic N) is 2. The SMILES string of the molecule is c1ccc2cc3cc4sc(-c5cc(-c6cc7cc8cc9ccccc9cc8cc7s6)ncn5)cc4cc3cc2c1. The molecule has 0 aliphatic carbocycles. The zero-order valence-electron chi connectivity index (χ0n) is 21.3. The minimum absolute atomic E-state index is 0.967. The summed E-state index contributed by atoms with van der Waals surface area (Å²) in [7, 11) is 0. The number of thiophene rings is 2. The molecule has 0 unspecified atom stereocenters. The van der Waals surface area contributed by atoms with Crippen molar-refractivity contribution < 1.29 is 0 Å². The molecule has 0 radical (unpaired) electrons. The van der Waals surface area contributed by atoms with Crippen LogP contribution in [0.4, 0.5) is 0 Å². The Hall–Kier alpha value is -4.64. The molecule has 3 heterocycles. The molecule has 9 aromatic rings. The minimum Gasteiger partial charge on any atom is -0.235 e. The molecule has 186 valence electrons. The maximum absolute atomic E-state index is 4.68. The average molecular weight is 545 g/mol. The second-order valence-electron chi connectivity index (χ2n) is 10.4.